The van der Waals surface area contributed by atoms with Gasteiger partial charge in [0.05, 0.1) is 22.9 Å². The van der Waals surface area contributed by atoms with Gasteiger partial charge in [0, 0.05) is 18.1 Å². The Hall–Kier alpha value is -3.87. The number of fused-ring (bicyclic) bond motifs is 1. The second-order valence-corrected chi connectivity index (χ2v) is 6.51. The fraction of sp³-hybridized carbons (Fsp3) is 0.0952. The number of hydrogen-bond donors (Lipinski definition) is 2. The van der Waals surface area contributed by atoms with Crippen LogP contribution in [0.25, 0.3) is 33.8 Å². The minimum Gasteiger partial charge on any atom is -0.382 e. The lowest BCUT2D eigenvalue weighted by Crippen LogP contribution is -2.09. The number of ketones is 2. The number of para-hydroxylation sites is 1. The molecular formula is C21H17N5O2. The summed E-state index contributed by atoms with van der Waals surface area (Å²) in [6.07, 6.45) is 1.56. The van der Waals surface area contributed by atoms with Crippen molar-refractivity contribution in [2.24, 2.45) is 0 Å². The molecule has 0 amide bonds. The third-order valence-corrected chi connectivity index (χ3v) is 4.50. The number of nitrogens with zero attached hydrogens (tertiary/aromatic N) is 3. The van der Waals surface area contributed by atoms with Crippen molar-refractivity contribution in [2.45, 2.75) is 13.8 Å². The van der Waals surface area contributed by atoms with Gasteiger partial charge in [0.15, 0.2) is 17.4 Å². The van der Waals surface area contributed by atoms with Crippen molar-refractivity contribution in [3.63, 3.8) is 0 Å². The Morgan fingerprint density at radius 3 is 2.46 bits per heavy atom. The lowest BCUT2D eigenvalue weighted by atomic mass is 10.0. The lowest BCUT2D eigenvalue weighted by molar-refractivity contribution is -0.113. The maximum absolute atomic E-state index is 11.8. The van der Waals surface area contributed by atoms with Gasteiger partial charge in [-0.05, 0) is 18.6 Å². The molecule has 28 heavy (non-hydrogen) atoms. The van der Waals surface area contributed by atoms with Gasteiger partial charge in [0.2, 0.25) is 5.78 Å². The predicted octanol–water partition coefficient (Wildman–Crippen LogP) is 3.35. The molecule has 0 radical (unpaired) electrons. The van der Waals surface area contributed by atoms with Crippen molar-refractivity contribution in [3.05, 3.63) is 59.8 Å². The van der Waals surface area contributed by atoms with Crippen molar-refractivity contribution in [2.75, 3.05) is 5.73 Å². The van der Waals surface area contributed by atoms with Crippen molar-refractivity contribution >= 4 is 28.4 Å². The molecule has 0 unspecified atom stereocenters. The fourth-order valence-electron chi connectivity index (χ4n) is 3.00. The molecule has 0 saturated carbocycles. The molecule has 0 aliphatic rings. The molecule has 138 valence electrons. The highest BCUT2D eigenvalue weighted by atomic mass is 16.2. The monoisotopic (exact) mass is 371 g/mol. The number of rotatable bonds is 4. The average Bonchev–Trinajstić information content (AvgIpc) is 3.13. The molecular weight excluding hydrogens is 354 g/mol. The Morgan fingerprint density at radius 2 is 1.79 bits per heavy atom. The molecule has 2 heterocycles. The second kappa shape index (κ2) is 6.70. The second-order valence-electron chi connectivity index (χ2n) is 6.51. The highest BCUT2D eigenvalue weighted by molar-refractivity contribution is 6.42. The molecule has 0 fully saturated rings. The number of H-pyrrole nitrogens is 1. The van der Waals surface area contributed by atoms with Crippen LogP contribution >= 0.6 is 0 Å². The standard InChI is InChI=1S/C21H17N5O2/c1-11-4-3-5-15-17(11)26-21(25-15)18-20(22)23-10-16(24-18)13-6-8-14(9-7-13)19(28)12(2)27/h3-10H,1-2H3,(H2,22,23)(H,25,26). The number of anilines is 1. The van der Waals surface area contributed by atoms with E-state index >= 15 is 0 Å². The number of carbonyl (C=O) groups is 2. The summed E-state index contributed by atoms with van der Waals surface area (Å²) >= 11 is 0. The van der Waals surface area contributed by atoms with Crippen LogP contribution < -0.4 is 5.73 Å². The van der Waals surface area contributed by atoms with Crippen LogP contribution in [0.5, 0.6) is 0 Å². The van der Waals surface area contributed by atoms with E-state index in [-0.39, 0.29) is 5.82 Å². The van der Waals surface area contributed by atoms with Crippen LogP contribution in [-0.4, -0.2) is 31.5 Å². The van der Waals surface area contributed by atoms with E-state index in [0.717, 1.165) is 22.2 Å². The summed E-state index contributed by atoms with van der Waals surface area (Å²) in [5, 5.41) is 0. The summed E-state index contributed by atoms with van der Waals surface area (Å²) in [4.78, 5) is 39.7. The summed E-state index contributed by atoms with van der Waals surface area (Å²) < 4.78 is 0. The van der Waals surface area contributed by atoms with Crippen molar-refractivity contribution < 1.29 is 9.59 Å². The molecule has 2 aromatic carbocycles. The zero-order chi connectivity index (χ0) is 19.8. The first-order chi connectivity index (χ1) is 13.4. The maximum atomic E-state index is 11.8. The largest absolute Gasteiger partial charge is 0.382 e. The first-order valence-corrected chi connectivity index (χ1v) is 8.68. The van der Waals surface area contributed by atoms with E-state index in [9.17, 15) is 9.59 Å². The van der Waals surface area contributed by atoms with E-state index in [2.05, 4.69) is 19.9 Å². The quantitative estimate of drug-likeness (QED) is 0.420. The van der Waals surface area contributed by atoms with Crippen LogP contribution in [0.1, 0.15) is 22.8 Å². The zero-order valence-corrected chi connectivity index (χ0v) is 15.4. The van der Waals surface area contributed by atoms with Crippen LogP contribution in [0.3, 0.4) is 0 Å². The van der Waals surface area contributed by atoms with Gasteiger partial charge in [-0.3, -0.25) is 9.59 Å². The Kier molecular flexibility index (Phi) is 4.19. The Balaban J connectivity index is 1.75. The molecule has 0 spiro atoms. The number of benzene rings is 2. The summed E-state index contributed by atoms with van der Waals surface area (Å²) in [7, 11) is 0. The molecule has 0 aliphatic heterocycles. The summed E-state index contributed by atoms with van der Waals surface area (Å²) in [5.74, 6) is -0.209. The molecule has 4 rings (SSSR count). The number of aromatic nitrogens is 4. The molecule has 0 aliphatic carbocycles. The highest BCUT2D eigenvalue weighted by Crippen LogP contribution is 2.27. The lowest BCUT2D eigenvalue weighted by Gasteiger charge is -2.06. The number of aryl methyl sites for hydroxylation is 1. The smallest absolute Gasteiger partial charge is 0.228 e. The van der Waals surface area contributed by atoms with Gasteiger partial charge in [0.25, 0.3) is 0 Å². The SMILES string of the molecule is CC(=O)C(=O)c1ccc(-c2cnc(N)c(-c3nc4c(C)cccc4[nH]3)n2)cc1. The molecule has 0 saturated heterocycles. The molecule has 7 nitrogen and oxygen atoms in total. The van der Waals surface area contributed by atoms with E-state index in [0.29, 0.717) is 22.8 Å². The number of carbonyl (C=O) groups excluding carboxylic acids is 2. The number of imidazole rings is 1. The van der Waals surface area contributed by atoms with Gasteiger partial charge in [-0.15, -0.1) is 0 Å². The summed E-state index contributed by atoms with van der Waals surface area (Å²) in [6.45, 7) is 3.24. The van der Waals surface area contributed by atoms with Crippen LogP contribution in [0.2, 0.25) is 0 Å². The Bertz CT molecular complexity index is 1230. The molecule has 4 aromatic rings. The van der Waals surface area contributed by atoms with Gasteiger partial charge in [-0.2, -0.15) is 0 Å². The van der Waals surface area contributed by atoms with Crippen molar-refractivity contribution in [1.29, 1.82) is 0 Å². The zero-order valence-electron chi connectivity index (χ0n) is 15.4. The minimum absolute atomic E-state index is 0.267. The number of Topliss-reactive ketones (excluding diaryl/α,β-unsaturated/α-hetero) is 2. The topological polar surface area (TPSA) is 115 Å². The van der Waals surface area contributed by atoms with E-state index in [1.807, 2.05) is 25.1 Å². The van der Waals surface area contributed by atoms with E-state index in [1.54, 1.807) is 30.5 Å². The molecule has 3 N–H and O–H groups in total. The third kappa shape index (κ3) is 3.03. The van der Waals surface area contributed by atoms with E-state index in [4.69, 9.17) is 5.73 Å². The van der Waals surface area contributed by atoms with Crippen LogP contribution in [-0.2, 0) is 4.79 Å². The van der Waals surface area contributed by atoms with Gasteiger partial charge in [-0.25, -0.2) is 15.0 Å². The van der Waals surface area contributed by atoms with Crippen molar-refractivity contribution in [3.8, 4) is 22.8 Å². The molecule has 0 atom stereocenters. The summed E-state index contributed by atoms with van der Waals surface area (Å²) in [6, 6.07) is 12.5. The highest BCUT2D eigenvalue weighted by Gasteiger charge is 2.15. The van der Waals surface area contributed by atoms with E-state index in [1.165, 1.54) is 6.92 Å². The molecule has 2 aromatic heterocycles. The Morgan fingerprint density at radius 1 is 1.04 bits per heavy atom. The number of aromatic amines is 1. The van der Waals surface area contributed by atoms with Gasteiger partial charge in [0.1, 0.15) is 5.69 Å². The van der Waals surface area contributed by atoms with Gasteiger partial charge in [-0.1, -0.05) is 36.4 Å². The predicted molar refractivity (Wildman–Crippen MR) is 107 cm³/mol. The maximum Gasteiger partial charge on any atom is 0.228 e. The number of nitrogen functional groups attached to an aromatic ring is 1. The number of nitrogens with one attached hydrogen (secondary N) is 1. The molecule has 0 bridgehead atoms. The van der Waals surface area contributed by atoms with Crippen LogP contribution in [0.4, 0.5) is 5.82 Å². The normalized spacial score (nSPS) is 10.9. The van der Waals surface area contributed by atoms with Gasteiger partial charge < -0.3 is 10.7 Å². The first-order valence-electron chi connectivity index (χ1n) is 8.68. The fourth-order valence-corrected chi connectivity index (χ4v) is 3.00. The first kappa shape index (κ1) is 17.5. The third-order valence-electron chi connectivity index (χ3n) is 4.50. The number of nitrogens with two attached hydrogens (primary N) is 1. The van der Waals surface area contributed by atoms with Gasteiger partial charge >= 0.3 is 0 Å². The number of hydrogen-bond acceptors (Lipinski definition) is 6. The Labute approximate surface area is 160 Å². The average molecular weight is 371 g/mol. The van der Waals surface area contributed by atoms with Crippen molar-refractivity contribution in [1.82, 2.24) is 19.9 Å². The van der Waals surface area contributed by atoms with E-state index < -0.39 is 11.6 Å². The van der Waals surface area contributed by atoms with Crippen LogP contribution in [0, 0.1) is 6.92 Å². The molecule has 7 heteroatoms. The minimum atomic E-state index is -0.520. The van der Waals surface area contributed by atoms with Crippen LogP contribution in [0.15, 0.2) is 48.7 Å². The summed E-state index contributed by atoms with van der Waals surface area (Å²) in [5.41, 5.74) is 11.0.